The minimum absolute atomic E-state index is 0.0551. The van der Waals surface area contributed by atoms with E-state index in [0.29, 0.717) is 19.3 Å². The normalized spacial score (nSPS) is 13.0. The van der Waals surface area contributed by atoms with Gasteiger partial charge in [0.25, 0.3) is 0 Å². The number of aliphatic hydroxyl groups excluding tert-OH is 1. The smallest absolute Gasteiger partial charge is 0.306 e. The van der Waals surface area contributed by atoms with Crippen LogP contribution in [0.4, 0.5) is 0 Å². The van der Waals surface area contributed by atoms with Crippen molar-refractivity contribution < 1.29 is 24.2 Å². The lowest BCUT2D eigenvalue weighted by Crippen LogP contribution is -2.42. The van der Waals surface area contributed by atoms with Gasteiger partial charge in [-0.1, -0.05) is 72.8 Å². The van der Waals surface area contributed by atoms with Crippen LogP contribution in [0.5, 0.6) is 0 Å². The van der Waals surface area contributed by atoms with Crippen LogP contribution in [0.15, 0.2) is 86.0 Å². The summed E-state index contributed by atoms with van der Waals surface area (Å²) in [6.07, 6.45) is 5.06. The molecule has 2 rings (SSSR count). The fraction of sp³-hybridized carbons (Fsp3) is 0.367. The molecule has 37 heavy (non-hydrogen) atoms. The van der Waals surface area contributed by atoms with E-state index >= 15 is 0 Å². The van der Waals surface area contributed by atoms with Crippen LogP contribution in [0.1, 0.15) is 49.3 Å². The van der Waals surface area contributed by atoms with Gasteiger partial charge in [0, 0.05) is 12.8 Å². The summed E-state index contributed by atoms with van der Waals surface area (Å²) in [4.78, 5) is 38.1. The highest BCUT2D eigenvalue weighted by atomic mass is 16.5. The van der Waals surface area contributed by atoms with E-state index in [2.05, 4.69) is 23.8 Å². The quantitative estimate of drug-likeness (QED) is 0.171. The summed E-state index contributed by atoms with van der Waals surface area (Å²) < 4.78 is 5.66. The second-order valence-electron chi connectivity index (χ2n) is 8.88. The van der Waals surface area contributed by atoms with Gasteiger partial charge in [0.15, 0.2) is 0 Å². The lowest BCUT2D eigenvalue weighted by atomic mass is 9.98. The molecular weight excluding hydrogens is 468 g/mol. The molecule has 0 heterocycles. The first kappa shape index (κ1) is 29.5. The van der Waals surface area contributed by atoms with Crippen molar-refractivity contribution in [3.63, 3.8) is 0 Å². The number of aliphatic hydroxyl groups is 1. The maximum atomic E-state index is 13.0. The van der Waals surface area contributed by atoms with Gasteiger partial charge >= 0.3 is 5.97 Å². The highest BCUT2D eigenvalue weighted by molar-refractivity contribution is 5.86. The molecule has 0 bridgehead atoms. The Morgan fingerprint density at radius 1 is 0.973 bits per heavy atom. The zero-order chi connectivity index (χ0) is 26.9. The number of carbonyl (C=O) groups is 3. The fourth-order valence-electron chi connectivity index (χ4n) is 3.90. The van der Waals surface area contributed by atoms with Crippen LogP contribution >= 0.6 is 0 Å². The second kappa shape index (κ2) is 16.9. The predicted molar refractivity (Wildman–Crippen MR) is 144 cm³/mol. The van der Waals surface area contributed by atoms with E-state index in [1.165, 1.54) is 0 Å². The minimum atomic E-state index is -0.649. The molecule has 0 spiro atoms. The van der Waals surface area contributed by atoms with E-state index in [1.807, 2.05) is 60.7 Å². The van der Waals surface area contributed by atoms with Crippen molar-refractivity contribution in [1.29, 1.82) is 0 Å². The Labute approximate surface area is 219 Å². The average Bonchev–Trinajstić information content (AvgIpc) is 2.91. The highest BCUT2D eigenvalue weighted by Crippen LogP contribution is 2.19. The zero-order valence-corrected chi connectivity index (χ0v) is 21.3. The Hall–Kier alpha value is -3.71. The molecule has 2 aromatic rings. The van der Waals surface area contributed by atoms with E-state index in [0.717, 1.165) is 17.5 Å². The number of ether oxygens (including phenoxy) is 1. The second-order valence-corrected chi connectivity index (χ2v) is 8.88. The van der Waals surface area contributed by atoms with E-state index in [9.17, 15) is 19.5 Å². The maximum absolute atomic E-state index is 13.0. The van der Waals surface area contributed by atoms with Gasteiger partial charge in [-0.2, -0.15) is 0 Å². The molecule has 7 nitrogen and oxygen atoms in total. The first-order chi connectivity index (χ1) is 18.0. The van der Waals surface area contributed by atoms with E-state index < -0.39 is 18.1 Å². The predicted octanol–water partition coefficient (Wildman–Crippen LogP) is 4.05. The number of hydrogen-bond donors (Lipinski definition) is 3. The summed E-state index contributed by atoms with van der Waals surface area (Å²) in [6, 6.07) is 18.3. The molecular formula is C30H38N2O5. The van der Waals surface area contributed by atoms with Crippen molar-refractivity contribution in [2.45, 2.75) is 50.7 Å². The third-order valence-electron chi connectivity index (χ3n) is 5.86. The van der Waals surface area contributed by atoms with E-state index in [-0.39, 0.29) is 43.8 Å². The molecule has 0 fully saturated rings. The third-order valence-corrected chi connectivity index (χ3v) is 5.86. The summed E-state index contributed by atoms with van der Waals surface area (Å²) in [5.41, 5.74) is 1.76. The first-order valence-corrected chi connectivity index (χ1v) is 12.6. The summed E-state index contributed by atoms with van der Waals surface area (Å²) in [5, 5.41) is 15.4. The van der Waals surface area contributed by atoms with Gasteiger partial charge in [-0.3, -0.25) is 14.4 Å². The Balaban J connectivity index is 1.97. The van der Waals surface area contributed by atoms with Crippen molar-refractivity contribution in [1.82, 2.24) is 10.6 Å². The average molecular weight is 507 g/mol. The van der Waals surface area contributed by atoms with Gasteiger partial charge in [0.2, 0.25) is 11.8 Å². The molecule has 0 aliphatic carbocycles. The van der Waals surface area contributed by atoms with Gasteiger partial charge in [0.1, 0.15) is 6.10 Å². The van der Waals surface area contributed by atoms with E-state index in [1.54, 1.807) is 12.2 Å². The minimum Gasteiger partial charge on any atom is -0.456 e. The molecule has 2 amide bonds. The van der Waals surface area contributed by atoms with Crippen molar-refractivity contribution in [3.05, 3.63) is 97.1 Å². The standard InChI is InChI=1S/C30H38N2O5/c1-3-5-8-18-29(35)37-27(24-16-11-7-12-17-24)21-31-30(36)25(13-4-2)20-28(34)32-26(22-33)19-23-14-9-6-10-15-23/h3-4,6-7,9-12,14-17,25-27,33H,1-2,5,8,13,18-22H2,(H,31,36)(H,32,34)/t25-,26-,27+/m1/s1. The Morgan fingerprint density at radius 2 is 1.65 bits per heavy atom. The number of carbonyl (C=O) groups excluding carboxylic acids is 3. The molecule has 0 aliphatic heterocycles. The monoisotopic (exact) mass is 506 g/mol. The molecule has 0 aromatic heterocycles. The number of esters is 1. The molecule has 0 unspecified atom stereocenters. The van der Waals surface area contributed by atoms with Gasteiger partial charge in [-0.05, 0) is 36.8 Å². The Kier molecular flexibility index (Phi) is 13.5. The van der Waals surface area contributed by atoms with Crippen molar-refractivity contribution >= 4 is 17.8 Å². The fourth-order valence-corrected chi connectivity index (χ4v) is 3.90. The van der Waals surface area contributed by atoms with Crippen molar-refractivity contribution in [3.8, 4) is 0 Å². The summed E-state index contributed by atoms with van der Waals surface area (Å²) in [5.74, 6) is -1.65. The first-order valence-electron chi connectivity index (χ1n) is 12.6. The molecule has 7 heteroatoms. The number of unbranched alkanes of at least 4 members (excludes halogenated alkanes) is 1. The van der Waals surface area contributed by atoms with Gasteiger partial charge in [-0.15, -0.1) is 13.2 Å². The number of nitrogens with one attached hydrogen (secondary N) is 2. The number of rotatable bonds is 17. The molecule has 0 radical (unpaired) electrons. The largest absolute Gasteiger partial charge is 0.456 e. The summed E-state index contributed by atoms with van der Waals surface area (Å²) in [6.45, 7) is 7.24. The van der Waals surface area contributed by atoms with Crippen LogP contribution in [0, 0.1) is 5.92 Å². The number of amides is 2. The van der Waals surface area contributed by atoms with Crippen LogP contribution in [-0.4, -0.2) is 42.1 Å². The van der Waals surface area contributed by atoms with Crippen LogP contribution < -0.4 is 10.6 Å². The van der Waals surface area contributed by atoms with Crippen LogP contribution in [0.25, 0.3) is 0 Å². The lowest BCUT2D eigenvalue weighted by molar-refractivity contribution is -0.150. The SMILES string of the molecule is C=CCCCC(=O)O[C@@H](CNC(=O)[C@H](CC=C)CC(=O)N[C@@H](CO)Cc1ccccc1)c1ccccc1. The number of allylic oxidation sites excluding steroid dienone is 2. The van der Waals surface area contributed by atoms with Gasteiger partial charge in [0.05, 0.1) is 25.1 Å². The van der Waals surface area contributed by atoms with Crippen LogP contribution in [0.2, 0.25) is 0 Å². The van der Waals surface area contributed by atoms with Crippen LogP contribution in [0.3, 0.4) is 0 Å². The highest BCUT2D eigenvalue weighted by Gasteiger charge is 2.24. The topological polar surface area (TPSA) is 105 Å². The molecule has 0 aliphatic rings. The van der Waals surface area contributed by atoms with E-state index in [4.69, 9.17) is 4.74 Å². The van der Waals surface area contributed by atoms with Crippen molar-refractivity contribution in [2.24, 2.45) is 5.92 Å². The molecule has 0 saturated carbocycles. The summed E-state index contributed by atoms with van der Waals surface area (Å²) in [7, 11) is 0. The molecule has 0 saturated heterocycles. The molecule has 198 valence electrons. The molecule has 3 N–H and O–H groups in total. The zero-order valence-electron chi connectivity index (χ0n) is 21.3. The number of benzene rings is 2. The Bertz CT molecular complexity index is 994. The molecule has 2 aromatic carbocycles. The Morgan fingerprint density at radius 3 is 2.27 bits per heavy atom. The lowest BCUT2D eigenvalue weighted by Gasteiger charge is -2.22. The van der Waals surface area contributed by atoms with Crippen LogP contribution in [-0.2, 0) is 25.5 Å². The number of hydrogen-bond acceptors (Lipinski definition) is 5. The molecule has 3 atom stereocenters. The van der Waals surface area contributed by atoms with Gasteiger partial charge < -0.3 is 20.5 Å². The maximum Gasteiger partial charge on any atom is 0.306 e. The van der Waals surface area contributed by atoms with Crippen molar-refractivity contribution in [2.75, 3.05) is 13.2 Å². The van der Waals surface area contributed by atoms with Gasteiger partial charge in [-0.25, -0.2) is 0 Å². The third kappa shape index (κ3) is 11.3. The summed E-state index contributed by atoms with van der Waals surface area (Å²) >= 11 is 0.